The van der Waals surface area contributed by atoms with Crippen molar-refractivity contribution in [2.24, 2.45) is 0 Å². The highest BCUT2D eigenvalue weighted by atomic mass is 16.5. The number of rotatable bonds is 6. The van der Waals surface area contributed by atoms with Gasteiger partial charge in [-0.15, -0.1) is 0 Å². The molecule has 0 saturated carbocycles. The first-order chi connectivity index (χ1) is 14.2. The van der Waals surface area contributed by atoms with Crippen LogP contribution in [0, 0.1) is 0 Å². The second-order valence-corrected chi connectivity index (χ2v) is 6.31. The number of aromatic amines is 1. The van der Waals surface area contributed by atoms with Gasteiger partial charge in [-0.05, 0) is 24.3 Å². The van der Waals surface area contributed by atoms with Crippen molar-refractivity contribution in [3.05, 3.63) is 84.4 Å². The number of ether oxygens (including phenoxy) is 1. The lowest BCUT2D eigenvalue weighted by atomic mass is 10.1. The largest absolute Gasteiger partial charge is 0.496 e. The lowest BCUT2D eigenvalue weighted by Gasteiger charge is -2.05. The zero-order chi connectivity index (χ0) is 20.1. The van der Waals surface area contributed by atoms with Crippen LogP contribution in [-0.4, -0.2) is 33.2 Å². The molecule has 0 atom stereocenters. The molecule has 0 spiro atoms. The van der Waals surface area contributed by atoms with Crippen molar-refractivity contribution in [2.75, 3.05) is 7.11 Å². The van der Waals surface area contributed by atoms with E-state index in [1.807, 2.05) is 60.7 Å². The Morgan fingerprint density at radius 2 is 1.79 bits per heavy atom. The third kappa shape index (κ3) is 4.14. The van der Waals surface area contributed by atoms with Gasteiger partial charge in [0.1, 0.15) is 17.8 Å². The van der Waals surface area contributed by atoms with E-state index in [0.717, 1.165) is 22.5 Å². The van der Waals surface area contributed by atoms with Crippen LogP contribution in [0.4, 0.5) is 0 Å². The van der Waals surface area contributed by atoms with Crippen LogP contribution in [0.15, 0.2) is 73.1 Å². The van der Waals surface area contributed by atoms with Crippen LogP contribution in [0.25, 0.3) is 22.5 Å². The predicted molar refractivity (Wildman–Crippen MR) is 109 cm³/mol. The van der Waals surface area contributed by atoms with Crippen LogP contribution in [0.2, 0.25) is 0 Å². The summed E-state index contributed by atoms with van der Waals surface area (Å²) in [5, 5.41) is 9.87. The highest BCUT2D eigenvalue weighted by Gasteiger charge is 2.14. The molecule has 1 amide bonds. The molecule has 0 bridgehead atoms. The van der Waals surface area contributed by atoms with E-state index in [4.69, 9.17) is 4.74 Å². The number of hydrogen-bond acceptors (Lipinski definition) is 5. The number of H-pyrrole nitrogens is 1. The monoisotopic (exact) mass is 385 g/mol. The Bertz CT molecular complexity index is 1120. The van der Waals surface area contributed by atoms with E-state index in [1.165, 1.54) is 6.33 Å². The predicted octanol–water partition coefficient (Wildman–Crippen LogP) is 3.47. The van der Waals surface area contributed by atoms with Crippen molar-refractivity contribution >= 4 is 5.91 Å². The minimum Gasteiger partial charge on any atom is -0.496 e. The highest BCUT2D eigenvalue weighted by molar-refractivity contribution is 5.93. The first-order valence-electron chi connectivity index (χ1n) is 9.08. The maximum absolute atomic E-state index is 12.5. The number of benzene rings is 2. The van der Waals surface area contributed by atoms with Gasteiger partial charge in [-0.1, -0.05) is 42.5 Å². The zero-order valence-corrected chi connectivity index (χ0v) is 15.8. The number of carbonyl (C=O) groups is 1. The summed E-state index contributed by atoms with van der Waals surface area (Å²) in [7, 11) is 1.60. The van der Waals surface area contributed by atoms with E-state index in [1.54, 1.807) is 13.2 Å². The minimum absolute atomic E-state index is 0.265. The SMILES string of the molecule is COc1ccccc1-c1cc(C(=O)NCc2cc(-c3ccccc3)ncn2)[nH]n1. The van der Waals surface area contributed by atoms with Crippen molar-refractivity contribution in [2.45, 2.75) is 6.54 Å². The number of carbonyl (C=O) groups excluding carboxylic acids is 1. The fraction of sp³-hybridized carbons (Fsp3) is 0.0909. The second kappa shape index (κ2) is 8.35. The number of nitrogens with zero attached hydrogens (tertiary/aromatic N) is 3. The van der Waals surface area contributed by atoms with Crippen molar-refractivity contribution in [1.82, 2.24) is 25.5 Å². The molecule has 0 unspecified atom stereocenters. The molecule has 4 aromatic rings. The van der Waals surface area contributed by atoms with Gasteiger partial charge in [0.05, 0.1) is 30.7 Å². The summed E-state index contributed by atoms with van der Waals surface area (Å²) < 4.78 is 5.35. The Morgan fingerprint density at radius 3 is 2.62 bits per heavy atom. The summed E-state index contributed by atoms with van der Waals surface area (Å²) in [6.45, 7) is 0.282. The highest BCUT2D eigenvalue weighted by Crippen LogP contribution is 2.28. The van der Waals surface area contributed by atoms with Gasteiger partial charge in [0, 0.05) is 11.1 Å². The molecule has 0 radical (unpaired) electrons. The fourth-order valence-electron chi connectivity index (χ4n) is 2.96. The summed E-state index contributed by atoms with van der Waals surface area (Å²) in [5.74, 6) is 0.430. The Hall–Kier alpha value is -4.00. The van der Waals surface area contributed by atoms with E-state index >= 15 is 0 Å². The molecule has 0 aliphatic heterocycles. The molecule has 0 fully saturated rings. The number of aromatic nitrogens is 4. The number of hydrogen-bond donors (Lipinski definition) is 2. The van der Waals surface area contributed by atoms with E-state index in [0.29, 0.717) is 17.1 Å². The summed E-state index contributed by atoms with van der Waals surface area (Å²) in [6.07, 6.45) is 1.50. The molecule has 7 nitrogen and oxygen atoms in total. The van der Waals surface area contributed by atoms with Crippen molar-refractivity contribution in [3.8, 4) is 28.3 Å². The average molecular weight is 385 g/mol. The first-order valence-corrected chi connectivity index (χ1v) is 9.08. The van der Waals surface area contributed by atoms with E-state index in [-0.39, 0.29) is 12.5 Å². The molecule has 4 rings (SSSR count). The Kier molecular flexibility index (Phi) is 5.29. The Labute approximate surface area is 167 Å². The smallest absolute Gasteiger partial charge is 0.269 e. The van der Waals surface area contributed by atoms with Crippen LogP contribution < -0.4 is 10.1 Å². The molecule has 0 saturated heterocycles. The van der Waals surface area contributed by atoms with Gasteiger partial charge in [0.2, 0.25) is 0 Å². The molecule has 2 aromatic carbocycles. The fourth-order valence-corrected chi connectivity index (χ4v) is 2.96. The standard InChI is InChI=1S/C22H19N5O2/c1-29-21-10-6-5-9-17(21)19-12-20(27-26-19)22(28)23-13-16-11-18(25-14-24-16)15-7-3-2-4-8-15/h2-12,14H,13H2,1H3,(H,23,28)(H,26,27). The van der Waals surface area contributed by atoms with Gasteiger partial charge in [0.25, 0.3) is 5.91 Å². The average Bonchev–Trinajstić information content (AvgIpc) is 3.28. The lowest BCUT2D eigenvalue weighted by molar-refractivity contribution is 0.0945. The number of amides is 1. The number of para-hydroxylation sites is 1. The molecule has 2 heterocycles. The van der Waals surface area contributed by atoms with Gasteiger partial charge in [-0.25, -0.2) is 9.97 Å². The van der Waals surface area contributed by atoms with Gasteiger partial charge in [-0.2, -0.15) is 5.10 Å². The quantitative estimate of drug-likeness (QED) is 0.530. The third-order valence-corrected chi connectivity index (χ3v) is 4.43. The van der Waals surface area contributed by atoms with Crippen LogP contribution in [0.5, 0.6) is 5.75 Å². The molecule has 7 heteroatoms. The number of nitrogens with one attached hydrogen (secondary N) is 2. The summed E-state index contributed by atoms with van der Waals surface area (Å²) in [6, 6.07) is 20.9. The van der Waals surface area contributed by atoms with E-state index < -0.39 is 0 Å². The van der Waals surface area contributed by atoms with Crippen molar-refractivity contribution in [3.63, 3.8) is 0 Å². The zero-order valence-electron chi connectivity index (χ0n) is 15.8. The third-order valence-electron chi connectivity index (χ3n) is 4.43. The maximum atomic E-state index is 12.5. The van der Waals surface area contributed by atoms with Crippen LogP contribution in [-0.2, 0) is 6.54 Å². The van der Waals surface area contributed by atoms with Crippen LogP contribution >= 0.6 is 0 Å². The van der Waals surface area contributed by atoms with Crippen molar-refractivity contribution < 1.29 is 9.53 Å². The van der Waals surface area contributed by atoms with Gasteiger partial charge < -0.3 is 10.1 Å². The molecule has 144 valence electrons. The molecular formula is C22H19N5O2. The normalized spacial score (nSPS) is 10.5. The summed E-state index contributed by atoms with van der Waals surface area (Å²) >= 11 is 0. The Morgan fingerprint density at radius 1 is 1.00 bits per heavy atom. The molecular weight excluding hydrogens is 366 g/mol. The molecule has 2 N–H and O–H groups in total. The lowest BCUT2D eigenvalue weighted by Crippen LogP contribution is -2.23. The van der Waals surface area contributed by atoms with E-state index in [9.17, 15) is 4.79 Å². The van der Waals surface area contributed by atoms with E-state index in [2.05, 4.69) is 25.5 Å². The summed E-state index contributed by atoms with van der Waals surface area (Å²) in [5.41, 5.74) is 4.34. The first kappa shape index (κ1) is 18.4. The molecule has 29 heavy (non-hydrogen) atoms. The number of methoxy groups -OCH3 is 1. The maximum Gasteiger partial charge on any atom is 0.269 e. The Balaban J connectivity index is 1.45. The summed E-state index contributed by atoms with van der Waals surface area (Å²) in [4.78, 5) is 21.0. The van der Waals surface area contributed by atoms with Crippen LogP contribution in [0.1, 0.15) is 16.2 Å². The molecule has 0 aliphatic rings. The minimum atomic E-state index is -0.265. The van der Waals surface area contributed by atoms with Gasteiger partial charge in [0.15, 0.2) is 0 Å². The van der Waals surface area contributed by atoms with Gasteiger partial charge >= 0.3 is 0 Å². The van der Waals surface area contributed by atoms with Gasteiger partial charge in [-0.3, -0.25) is 9.89 Å². The molecule has 2 aromatic heterocycles. The topological polar surface area (TPSA) is 92.8 Å². The second-order valence-electron chi connectivity index (χ2n) is 6.31. The van der Waals surface area contributed by atoms with Crippen LogP contribution in [0.3, 0.4) is 0 Å². The van der Waals surface area contributed by atoms with Crippen molar-refractivity contribution in [1.29, 1.82) is 0 Å². The molecule has 0 aliphatic carbocycles.